The SMILES string of the molecule is CC.CC.CC.CC.CCCc1c(-c2cccc(-c3ccccc3)c2)cccc1-c1cc2oc3c(-n4c5ccccc5c5ccccc54)cccc3c2cc1C. The van der Waals surface area contributed by atoms with Gasteiger partial charge in [-0.2, -0.15) is 0 Å². The van der Waals surface area contributed by atoms with Crippen LogP contribution in [-0.2, 0) is 6.42 Å². The average molecular weight is 738 g/mol. The van der Waals surface area contributed by atoms with E-state index in [4.69, 9.17) is 4.42 Å². The second-order valence-electron chi connectivity index (χ2n) is 12.8. The number of aryl methyl sites for hydroxylation is 1. The molecule has 0 saturated heterocycles. The highest BCUT2D eigenvalue weighted by Gasteiger charge is 2.20. The summed E-state index contributed by atoms with van der Waals surface area (Å²) in [5.41, 5.74) is 15.4. The summed E-state index contributed by atoms with van der Waals surface area (Å²) in [5, 5.41) is 4.78. The van der Waals surface area contributed by atoms with Crippen LogP contribution >= 0.6 is 0 Å². The first-order valence-electron chi connectivity index (χ1n) is 20.9. The van der Waals surface area contributed by atoms with Crippen molar-refractivity contribution >= 4 is 43.7 Å². The van der Waals surface area contributed by atoms with Crippen LogP contribution in [0.4, 0.5) is 0 Å². The molecule has 0 atom stereocenters. The third-order valence-electron chi connectivity index (χ3n) is 9.89. The quantitative estimate of drug-likeness (QED) is 0.166. The van der Waals surface area contributed by atoms with Crippen LogP contribution < -0.4 is 0 Å². The first-order valence-corrected chi connectivity index (χ1v) is 20.9. The number of hydrogen-bond acceptors (Lipinski definition) is 1. The molecule has 0 radical (unpaired) electrons. The van der Waals surface area contributed by atoms with E-state index in [1.165, 1.54) is 66.3 Å². The minimum Gasteiger partial charge on any atom is -0.454 e. The van der Waals surface area contributed by atoms with E-state index in [1.54, 1.807) is 0 Å². The van der Waals surface area contributed by atoms with Crippen LogP contribution in [0, 0.1) is 6.92 Å². The Morgan fingerprint density at radius 2 is 0.982 bits per heavy atom. The molecule has 7 aromatic carbocycles. The first kappa shape index (κ1) is 41.3. The Morgan fingerprint density at radius 1 is 0.446 bits per heavy atom. The molecule has 0 aliphatic carbocycles. The fourth-order valence-corrected chi connectivity index (χ4v) is 7.71. The molecule has 0 N–H and O–H groups in total. The molecule has 286 valence electrons. The van der Waals surface area contributed by atoms with Gasteiger partial charge in [0.1, 0.15) is 5.58 Å². The third kappa shape index (κ3) is 7.80. The van der Waals surface area contributed by atoms with E-state index in [2.05, 4.69) is 170 Å². The lowest BCUT2D eigenvalue weighted by atomic mass is 9.87. The molecule has 0 spiro atoms. The Balaban J connectivity index is 0.000000707. The molecule has 0 fully saturated rings. The van der Waals surface area contributed by atoms with Gasteiger partial charge in [0.2, 0.25) is 0 Å². The monoisotopic (exact) mass is 737 g/mol. The van der Waals surface area contributed by atoms with Crippen molar-refractivity contribution in [3.63, 3.8) is 0 Å². The highest BCUT2D eigenvalue weighted by molar-refractivity contribution is 6.13. The van der Waals surface area contributed by atoms with Crippen molar-refractivity contribution < 1.29 is 4.42 Å². The van der Waals surface area contributed by atoms with E-state index < -0.39 is 0 Å². The van der Waals surface area contributed by atoms with E-state index in [1.807, 2.05) is 55.4 Å². The van der Waals surface area contributed by atoms with Gasteiger partial charge >= 0.3 is 0 Å². The van der Waals surface area contributed by atoms with E-state index >= 15 is 0 Å². The van der Waals surface area contributed by atoms with Crippen molar-refractivity contribution in [3.8, 4) is 39.1 Å². The Labute approximate surface area is 335 Å². The molecule has 0 aliphatic rings. The molecule has 56 heavy (non-hydrogen) atoms. The molecule has 9 rings (SSSR count). The van der Waals surface area contributed by atoms with Crippen LogP contribution in [0.5, 0.6) is 0 Å². The minimum absolute atomic E-state index is 0.913. The van der Waals surface area contributed by atoms with Crippen molar-refractivity contribution in [2.75, 3.05) is 0 Å². The van der Waals surface area contributed by atoms with Crippen LogP contribution in [0.3, 0.4) is 0 Å². The van der Waals surface area contributed by atoms with Crippen LogP contribution in [0.1, 0.15) is 79.9 Å². The number of rotatable bonds is 6. The maximum Gasteiger partial charge on any atom is 0.159 e. The molecule has 0 saturated carbocycles. The van der Waals surface area contributed by atoms with E-state index in [9.17, 15) is 0 Å². The summed E-state index contributed by atoms with van der Waals surface area (Å²) in [6.45, 7) is 20.5. The van der Waals surface area contributed by atoms with E-state index in [-0.39, 0.29) is 0 Å². The molecule has 2 heterocycles. The summed E-state index contributed by atoms with van der Waals surface area (Å²) in [7, 11) is 0. The number of benzene rings is 7. The predicted molar refractivity (Wildman–Crippen MR) is 248 cm³/mol. The molecule has 2 aromatic heterocycles. The fourth-order valence-electron chi connectivity index (χ4n) is 7.71. The zero-order valence-corrected chi connectivity index (χ0v) is 35.2. The highest BCUT2D eigenvalue weighted by atomic mass is 16.3. The van der Waals surface area contributed by atoms with Crippen LogP contribution in [0.2, 0.25) is 0 Å². The Bertz CT molecular complexity index is 2580. The van der Waals surface area contributed by atoms with Gasteiger partial charge in [-0.05, 0) is 94.3 Å². The van der Waals surface area contributed by atoms with Crippen molar-refractivity contribution in [1.82, 2.24) is 4.57 Å². The molecule has 0 unspecified atom stereocenters. The van der Waals surface area contributed by atoms with Crippen molar-refractivity contribution in [3.05, 3.63) is 163 Å². The Morgan fingerprint density at radius 3 is 1.64 bits per heavy atom. The standard InChI is InChI=1S/C46H35NO.4C2H6/c1-3-14-35-34(33-18-11-17-32(28-33)31-15-5-4-6-16-31)21-12-22-36(35)40-29-45-41(27-30(40)2)39-23-13-26-44(46(39)48-45)47-42-24-9-7-19-37(42)38-20-8-10-25-43(38)47;4*1-2/h4-13,15-29H,3,14H2,1-2H3;4*1-2H3. The van der Waals surface area contributed by atoms with Gasteiger partial charge < -0.3 is 8.98 Å². The van der Waals surface area contributed by atoms with Crippen molar-refractivity contribution in [2.45, 2.75) is 82.1 Å². The van der Waals surface area contributed by atoms with Gasteiger partial charge in [0.05, 0.1) is 16.7 Å². The molecular weight excluding hydrogens is 679 g/mol. The summed E-state index contributed by atoms with van der Waals surface area (Å²) in [6.07, 6.45) is 2.06. The third-order valence-corrected chi connectivity index (χ3v) is 9.89. The molecule has 2 heteroatoms. The number of para-hydroxylation sites is 3. The molecule has 0 bridgehead atoms. The minimum atomic E-state index is 0.913. The van der Waals surface area contributed by atoms with Gasteiger partial charge in [0.25, 0.3) is 0 Å². The summed E-state index contributed by atoms with van der Waals surface area (Å²) in [6, 6.07) is 54.8. The largest absolute Gasteiger partial charge is 0.454 e. The van der Waals surface area contributed by atoms with E-state index in [0.29, 0.717) is 0 Å². The summed E-state index contributed by atoms with van der Waals surface area (Å²) in [5.74, 6) is 0. The average Bonchev–Trinajstić information content (AvgIpc) is 3.82. The topological polar surface area (TPSA) is 18.1 Å². The smallest absolute Gasteiger partial charge is 0.159 e. The number of nitrogens with zero attached hydrogens (tertiary/aromatic N) is 1. The lowest BCUT2D eigenvalue weighted by Gasteiger charge is -2.17. The number of fused-ring (bicyclic) bond motifs is 6. The highest BCUT2D eigenvalue weighted by Crippen LogP contribution is 2.42. The summed E-state index contributed by atoms with van der Waals surface area (Å²) in [4.78, 5) is 0. The summed E-state index contributed by atoms with van der Waals surface area (Å²) >= 11 is 0. The lowest BCUT2D eigenvalue weighted by molar-refractivity contribution is 0.666. The predicted octanol–water partition coefficient (Wildman–Crippen LogP) is 17.0. The van der Waals surface area contributed by atoms with Gasteiger partial charge in [0, 0.05) is 21.5 Å². The van der Waals surface area contributed by atoms with Gasteiger partial charge in [-0.25, -0.2) is 0 Å². The number of hydrogen-bond donors (Lipinski definition) is 0. The molecule has 2 nitrogen and oxygen atoms in total. The van der Waals surface area contributed by atoms with Gasteiger partial charge in [0.15, 0.2) is 5.58 Å². The maximum absolute atomic E-state index is 6.88. The number of furan rings is 1. The Hall–Kier alpha value is -5.86. The van der Waals surface area contributed by atoms with Crippen LogP contribution in [0.15, 0.2) is 156 Å². The second-order valence-corrected chi connectivity index (χ2v) is 12.8. The molecule has 0 amide bonds. The van der Waals surface area contributed by atoms with Crippen LogP contribution in [-0.4, -0.2) is 4.57 Å². The summed E-state index contributed by atoms with van der Waals surface area (Å²) < 4.78 is 9.24. The fraction of sp³-hybridized carbons (Fsp3) is 0.222. The molecule has 9 aromatic rings. The second kappa shape index (κ2) is 19.6. The van der Waals surface area contributed by atoms with E-state index in [0.717, 1.165) is 40.5 Å². The van der Waals surface area contributed by atoms with Gasteiger partial charge in [-0.15, -0.1) is 0 Å². The van der Waals surface area contributed by atoms with Crippen molar-refractivity contribution in [2.24, 2.45) is 0 Å². The Kier molecular flexibility index (Phi) is 14.5. The van der Waals surface area contributed by atoms with Gasteiger partial charge in [-0.3, -0.25) is 0 Å². The zero-order chi connectivity index (χ0) is 40.2. The molecular formula is C54H59NO. The first-order chi connectivity index (χ1) is 27.7. The normalized spacial score (nSPS) is 10.5. The number of aromatic nitrogens is 1. The maximum atomic E-state index is 6.88. The molecule has 0 aliphatic heterocycles. The zero-order valence-electron chi connectivity index (χ0n) is 35.2. The van der Waals surface area contributed by atoms with Gasteiger partial charge in [-0.1, -0.05) is 184 Å². The lowest BCUT2D eigenvalue weighted by Crippen LogP contribution is -1.96. The van der Waals surface area contributed by atoms with Crippen LogP contribution in [0.25, 0.3) is 82.8 Å². The van der Waals surface area contributed by atoms with Crippen molar-refractivity contribution in [1.29, 1.82) is 0 Å².